The van der Waals surface area contributed by atoms with Gasteiger partial charge in [-0.2, -0.15) is 0 Å². The fourth-order valence-electron chi connectivity index (χ4n) is 2.78. The molecule has 3 aromatic carbocycles. The number of anilines is 1. The number of benzene rings is 3. The molecule has 0 unspecified atom stereocenters. The molecule has 6 nitrogen and oxygen atoms in total. The maximum Gasteiger partial charge on any atom is 0.339 e. The van der Waals surface area contributed by atoms with Crippen molar-refractivity contribution in [2.24, 2.45) is 0 Å². The minimum absolute atomic E-state index is 0.243. The molecule has 0 radical (unpaired) electrons. The van der Waals surface area contributed by atoms with Gasteiger partial charge in [-0.1, -0.05) is 30.3 Å². The van der Waals surface area contributed by atoms with Crippen LogP contribution in [0.3, 0.4) is 0 Å². The van der Waals surface area contributed by atoms with Crippen LogP contribution in [0.4, 0.5) is 5.69 Å². The molecule has 0 aromatic heterocycles. The summed E-state index contributed by atoms with van der Waals surface area (Å²) in [6.45, 7) is 0.243. The summed E-state index contributed by atoms with van der Waals surface area (Å²) in [6.07, 6.45) is 0. The van der Waals surface area contributed by atoms with Crippen LogP contribution in [0.15, 0.2) is 72.8 Å². The van der Waals surface area contributed by atoms with E-state index in [-0.39, 0.29) is 18.1 Å². The summed E-state index contributed by atoms with van der Waals surface area (Å²) in [5.41, 5.74) is 1.80. The molecule has 0 atom stereocenters. The van der Waals surface area contributed by atoms with E-state index in [1.807, 2.05) is 30.3 Å². The van der Waals surface area contributed by atoms with E-state index in [2.05, 4.69) is 5.32 Å². The molecule has 1 amide bonds. The second kappa shape index (κ2) is 9.41. The zero-order chi connectivity index (χ0) is 20.6. The number of carbonyl (C=O) groups excluding carboxylic acids is 2. The lowest BCUT2D eigenvalue weighted by molar-refractivity contribution is 0.0602. The van der Waals surface area contributed by atoms with Crippen LogP contribution in [-0.4, -0.2) is 26.1 Å². The van der Waals surface area contributed by atoms with Crippen LogP contribution in [0.5, 0.6) is 11.5 Å². The van der Waals surface area contributed by atoms with Gasteiger partial charge in [-0.25, -0.2) is 4.79 Å². The average Bonchev–Trinajstić information content (AvgIpc) is 2.78. The molecule has 0 saturated carbocycles. The predicted molar refractivity (Wildman–Crippen MR) is 110 cm³/mol. The molecular formula is C23H21NO5. The van der Waals surface area contributed by atoms with Crippen LogP contribution in [0.1, 0.15) is 26.3 Å². The molecule has 0 saturated heterocycles. The van der Waals surface area contributed by atoms with Crippen molar-refractivity contribution in [2.75, 3.05) is 19.5 Å². The zero-order valence-electron chi connectivity index (χ0n) is 16.2. The Kier molecular flexibility index (Phi) is 6.47. The topological polar surface area (TPSA) is 73.9 Å². The number of ether oxygens (including phenoxy) is 3. The Labute approximate surface area is 169 Å². The van der Waals surface area contributed by atoms with E-state index in [1.165, 1.54) is 7.11 Å². The normalized spacial score (nSPS) is 10.1. The molecule has 0 fully saturated rings. The van der Waals surface area contributed by atoms with Gasteiger partial charge in [-0.05, 0) is 42.5 Å². The molecule has 148 valence electrons. The van der Waals surface area contributed by atoms with Crippen molar-refractivity contribution < 1.29 is 23.8 Å². The molecule has 0 spiro atoms. The molecule has 29 heavy (non-hydrogen) atoms. The quantitative estimate of drug-likeness (QED) is 0.608. The van der Waals surface area contributed by atoms with Crippen molar-refractivity contribution in [1.29, 1.82) is 0 Å². The number of para-hydroxylation sites is 2. The first-order chi connectivity index (χ1) is 14.1. The van der Waals surface area contributed by atoms with Crippen molar-refractivity contribution >= 4 is 17.6 Å². The maximum atomic E-state index is 12.8. The van der Waals surface area contributed by atoms with Gasteiger partial charge in [0.05, 0.1) is 25.5 Å². The summed E-state index contributed by atoms with van der Waals surface area (Å²) in [5, 5.41) is 2.76. The lowest BCUT2D eigenvalue weighted by atomic mass is 10.1. The van der Waals surface area contributed by atoms with E-state index in [4.69, 9.17) is 14.2 Å². The predicted octanol–water partition coefficient (Wildman–Crippen LogP) is 4.31. The number of amides is 1. The minimum Gasteiger partial charge on any atom is -0.496 e. The van der Waals surface area contributed by atoms with Gasteiger partial charge in [-0.15, -0.1) is 0 Å². The largest absolute Gasteiger partial charge is 0.496 e. The lowest BCUT2D eigenvalue weighted by Crippen LogP contribution is -2.16. The highest BCUT2D eigenvalue weighted by Gasteiger charge is 2.16. The number of hydrogen-bond donors (Lipinski definition) is 1. The van der Waals surface area contributed by atoms with Crippen LogP contribution < -0.4 is 14.8 Å². The fraction of sp³-hybridized carbons (Fsp3) is 0.130. The molecule has 0 aliphatic heterocycles. The number of hydrogen-bond acceptors (Lipinski definition) is 5. The van der Waals surface area contributed by atoms with Crippen LogP contribution in [0.2, 0.25) is 0 Å². The molecule has 0 aliphatic carbocycles. The van der Waals surface area contributed by atoms with Crippen molar-refractivity contribution in [3.8, 4) is 11.5 Å². The van der Waals surface area contributed by atoms with E-state index >= 15 is 0 Å². The van der Waals surface area contributed by atoms with E-state index in [1.54, 1.807) is 49.6 Å². The first-order valence-corrected chi connectivity index (χ1v) is 8.96. The highest BCUT2D eigenvalue weighted by molar-refractivity contribution is 6.08. The van der Waals surface area contributed by atoms with Crippen molar-refractivity contribution in [3.63, 3.8) is 0 Å². The van der Waals surface area contributed by atoms with E-state index in [9.17, 15) is 9.59 Å². The van der Waals surface area contributed by atoms with E-state index < -0.39 is 5.97 Å². The van der Waals surface area contributed by atoms with Crippen LogP contribution in [0.25, 0.3) is 0 Å². The van der Waals surface area contributed by atoms with Crippen LogP contribution in [0, 0.1) is 0 Å². The maximum absolute atomic E-state index is 12.8. The average molecular weight is 391 g/mol. The summed E-state index contributed by atoms with van der Waals surface area (Å²) in [4.78, 5) is 24.7. The minimum atomic E-state index is -0.521. The third-order valence-corrected chi connectivity index (χ3v) is 4.26. The molecule has 0 bridgehead atoms. The third kappa shape index (κ3) is 4.93. The van der Waals surface area contributed by atoms with Gasteiger partial charge in [-0.3, -0.25) is 4.79 Å². The Morgan fingerprint density at radius 2 is 1.62 bits per heavy atom. The second-order valence-electron chi connectivity index (χ2n) is 6.12. The molecule has 3 rings (SSSR count). The van der Waals surface area contributed by atoms with E-state index in [0.717, 1.165) is 11.3 Å². The third-order valence-electron chi connectivity index (χ3n) is 4.26. The van der Waals surface area contributed by atoms with Crippen molar-refractivity contribution in [2.45, 2.75) is 6.61 Å². The molecular weight excluding hydrogens is 370 g/mol. The first kappa shape index (κ1) is 19.9. The van der Waals surface area contributed by atoms with Gasteiger partial charge in [0.15, 0.2) is 0 Å². The summed E-state index contributed by atoms with van der Waals surface area (Å²) in [5.74, 6) is 0.460. The SMILES string of the molecule is COC(=O)c1ccccc1NC(=O)c1ccc(OC)c(COc2ccccc2)c1. The molecule has 3 aromatic rings. The standard InChI is InChI=1S/C23H21NO5/c1-27-21-13-12-16(14-17(21)15-29-18-8-4-3-5-9-18)22(25)24-20-11-7-6-10-19(20)23(26)28-2/h3-14H,15H2,1-2H3,(H,24,25). The number of methoxy groups -OCH3 is 2. The Hall–Kier alpha value is -3.80. The highest BCUT2D eigenvalue weighted by Crippen LogP contribution is 2.23. The summed E-state index contributed by atoms with van der Waals surface area (Å²) in [7, 11) is 2.86. The smallest absolute Gasteiger partial charge is 0.339 e. The van der Waals surface area contributed by atoms with Gasteiger partial charge in [0.1, 0.15) is 18.1 Å². The Morgan fingerprint density at radius 3 is 2.34 bits per heavy atom. The molecule has 0 aliphatic rings. The highest BCUT2D eigenvalue weighted by atomic mass is 16.5. The number of nitrogens with one attached hydrogen (secondary N) is 1. The summed E-state index contributed by atoms with van der Waals surface area (Å²) >= 11 is 0. The van der Waals surface area contributed by atoms with Crippen LogP contribution >= 0.6 is 0 Å². The Balaban J connectivity index is 1.80. The summed E-state index contributed by atoms with van der Waals surface area (Å²) in [6, 6.07) is 21.1. The van der Waals surface area contributed by atoms with Gasteiger partial charge in [0, 0.05) is 11.1 Å². The summed E-state index contributed by atoms with van der Waals surface area (Å²) < 4.78 is 15.9. The van der Waals surface area contributed by atoms with Crippen LogP contribution in [-0.2, 0) is 11.3 Å². The number of rotatable bonds is 7. The van der Waals surface area contributed by atoms with Gasteiger partial charge in [0.25, 0.3) is 5.91 Å². The number of carbonyl (C=O) groups is 2. The zero-order valence-corrected chi connectivity index (χ0v) is 16.2. The Bertz CT molecular complexity index is 1000. The van der Waals surface area contributed by atoms with Crippen molar-refractivity contribution in [1.82, 2.24) is 0 Å². The number of esters is 1. The second-order valence-corrected chi connectivity index (χ2v) is 6.12. The monoisotopic (exact) mass is 391 g/mol. The lowest BCUT2D eigenvalue weighted by Gasteiger charge is -2.13. The van der Waals surface area contributed by atoms with Crippen molar-refractivity contribution in [3.05, 3.63) is 89.5 Å². The van der Waals surface area contributed by atoms with E-state index in [0.29, 0.717) is 17.0 Å². The molecule has 6 heteroatoms. The molecule has 1 N–H and O–H groups in total. The van der Waals surface area contributed by atoms with Gasteiger partial charge in [0.2, 0.25) is 0 Å². The Morgan fingerprint density at radius 1 is 0.897 bits per heavy atom. The molecule has 0 heterocycles. The van der Waals surface area contributed by atoms with Gasteiger partial charge < -0.3 is 19.5 Å². The first-order valence-electron chi connectivity index (χ1n) is 8.96. The van der Waals surface area contributed by atoms with Gasteiger partial charge >= 0.3 is 5.97 Å². The fourth-order valence-corrected chi connectivity index (χ4v) is 2.78.